The number of hydrogen-bond acceptors (Lipinski definition) is 2. The zero-order valence-electron chi connectivity index (χ0n) is 10.2. The van der Waals surface area contributed by atoms with Gasteiger partial charge in [0.2, 0.25) is 5.91 Å². The van der Waals surface area contributed by atoms with Crippen LogP contribution in [0.15, 0.2) is 18.2 Å². The molecule has 1 aromatic carbocycles. The summed E-state index contributed by atoms with van der Waals surface area (Å²) >= 11 is 0. The van der Waals surface area contributed by atoms with Crippen LogP contribution in [0, 0.1) is 18.8 Å². The minimum atomic E-state index is 0. The maximum absolute atomic E-state index is 11.9. The number of nitrogens with one attached hydrogen (secondary N) is 1. The van der Waals surface area contributed by atoms with Crippen LogP contribution in [0.4, 0.5) is 11.4 Å². The molecule has 0 bridgehead atoms. The normalized spacial score (nSPS) is 15.9. The van der Waals surface area contributed by atoms with Gasteiger partial charge in [0.05, 0.1) is 0 Å². The molecule has 0 spiro atoms. The third-order valence-corrected chi connectivity index (χ3v) is 3.26. The molecule has 1 saturated carbocycles. The van der Waals surface area contributed by atoms with E-state index in [4.69, 9.17) is 5.73 Å². The Morgan fingerprint density at radius 2 is 2.12 bits per heavy atom. The summed E-state index contributed by atoms with van der Waals surface area (Å²) in [5, 5.41) is 2.95. The Morgan fingerprint density at radius 3 is 2.71 bits per heavy atom. The molecular formula is C13H19ClN2O. The SMILES string of the molecule is Cc1ccc(N)cc1NC(=O)C(C)C1CC1.Cl. The minimum Gasteiger partial charge on any atom is -0.399 e. The summed E-state index contributed by atoms with van der Waals surface area (Å²) in [5.41, 5.74) is 8.26. The number of hydrogen-bond donors (Lipinski definition) is 2. The highest BCUT2D eigenvalue weighted by Crippen LogP contribution is 2.37. The summed E-state index contributed by atoms with van der Waals surface area (Å²) in [6.45, 7) is 3.96. The highest BCUT2D eigenvalue weighted by Gasteiger charge is 2.32. The van der Waals surface area contributed by atoms with Gasteiger partial charge >= 0.3 is 0 Å². The standard InChI is InChI=1S/C13H18N2O.ClH/c1-8-3-6-11(14)7-12(8)15-13(16)9(2)10-4-5-10;/h3,6-7,9-10H,4-5,14H2,1-2H3,(H,15,16);1H. The minimum absolute atomic E-state index is 0. The Bertz CT molecular complexity index is 416. The quantitative estimate of drug-likeness (QED) is 0.815. The van der Waals surface area contributed by atoms with E-state index in [0.29, 0.717) is 11.6 Å². The van der Waals surface area contributed by atoms with Gasteiger partial charge in [-0.1, -0.05) is 13.0 Å². The van der Waals surface area contributed by atoms with Crippen LogP contribution in [0.5, 0.6) is 0 Å². The molecule has 0 aliphatic heterocycles. The van der Waals surface area contributed by atoms with Gasteiger partial charge in [-0.05, 0) is 43.4 Å². The second-order valence-electron chi connectivity index (χ2n) is 4.69. The number of halogens is 1. The number of anilines is 2. The molecular weight excluding hydrogens is 236 g/mol. The predicted molar refractivity (Wildman–Crippen MR) is 73.4 cm³/mol. The summed E-state index contributed by atoms with van der Waals surface area (Å²) in [6.07, 6.45) is 2.37. The molecule has 17 heavy (non-hydrogen) atoms. The van der Waals surface area contributed by atoms with Crippen molar-refractivity contribution in [3.63, 3.8) is 0 Å². The van der Waals surface area contributed by atoms with E-state index in [2.05, 4.69) is 5.32 Å². The molecule has 2 rings (SSSR count). The molecule has 0 saturated heterocycles. The number of aryl methyl sites for hydroxylation is 1. The summed E-state index contributed by atoms with van der Waals surface area (Å²) < 4.78 is 0. The van der Waals surface area contributed by atoms with Crippen LogP contribution in [-0.2, 0) is 4.79 Å². The molecule has 0 aromatic heterocycles. The average Bonchev–Trinajstić information content (AvgIpc) is 3.06. The van der Waals surface area contributed by atoms with E-state index in [1.807, 2.05) is 32.0 Å². The van der Waals surface area contributed by atoms with E-state index < -0.39 is 0 Å². The first-order valence-electron chi connectivity index (χ1n) is 5.75. The lowest BCUT2D eigenvalue weighted by molar-refractivity contribution is -0.119. The largest absolute Gasteiger partial charge is 0.399 e. The molecule has 1 aliphatic carbocycles. The lowest BCUT2D eigenvalue weighted by atomic mass is 10.1. The summed E-state index contributed by atoms with van der Waals surface area (Å²) in [5.74, 6) is 0.804. The van der Waals surface area contributed by atoms with Crippen molar-refractivity contribution in [3.05, 3.63) is 23.8 Å². The van der Waals surface area contributed by atoms with Crippen molar-refractivity contribution in [1.82, 2.24) is 0 Å². The summed E-state index contributed by atoms with van der Waals surface area (Å²) in [7, 11) is 0. The molecule has 1 unspecified atom stereocenters. The number of amides is 1. The maximum Gasteiger partial charge on any atom is 0.227 e. The average molecular weight is 255 g/mol. The molecule has 3 nitrogen and oxygen atoms in total. The summed E-state index contributed by atoms with van der Waals surface area (Å²) in [6, 6.07) is 5.58. The van der Waals surface area contributed by atoms with Crippen LogP contribution in [0.2, 0.25) is 0 Å². The van der Waals surface area contributed by atoms with Crippen LogP contribution >= 0.6 is 12.4 Å². The second kappa shape index (κ2) is 5.41. The number of rotatable bonds is 3. The van der Waals surface area contributed by atoms with Crippen LogP contribution < -0.4 is 11.1 Å². The third-order valence-electron chi connectivity index (χ3n) is 3.26. The van der Waals surface area contributed by atoms with Crippen molar-refractivity contribution in [3.8, 4) is 0 Å². The number of carbonyl (C=O) groups excluding carboxylic acids is 1. The predicted octanol–water partition coefficient (Wildman–Crippen LogP) is 2.98. The molecule has 1 aromatic rings. The second-order valence-corrected chi connectivity index (χ2v) is 4.69. The molecule has 3 N–H and O–H groups in total. The van der Waals surface area contributed by atoms with Crippen molar-refractivity contribution in [2.45, 2.75) is 26.7 Å². The fourth-order valence-electron chi connectivity index (χ4n) is 1.83. The molecule has 1 aliphatic rings. The van der Waals surface area contributed by atoms with Gasteiger partial charge in [-0.3, -0.25) is 4.79 Å². The lowest BCUT2D eigenvalue weighted by Gasteiger charge is -2.13. The van der Waals surface area contributed by atoms with E-state index in [1.54, 1.807) is 0 Å². The van der Waals surface area contributed by atoms with Crippen molar-refractivity contribution in [1.29, 1.82) is 0 Å². The molecule has 1 amide bonds. The lowest BCUT2D eigenvalue weighted by Crippen LogP contribution is -2.22. The molecule has 0 radical (unpaired) electrons. The molecule has 1 fully saturated rings. The van der Waals surface area contributed by atoms with Gasteiger partial charge in [-0.15, -0.1) is 12.4 Å². The maximum atomic E-state index is 11.9. The van der Waals surface area contributed by atoms with Crippen LogP contribution in [0.3, 0.4) is 0 Å². The molecule has 4 heteroatoms. The Kier molecular flexibility index (Phi) is 4.40. The fraction of sp³-hybridized carbons (Fsp3) is 0.462. The zero-order chi connectivity index (χ0) is 11.7. The Hall–Kier alpha value is -1.22. The van der Waals surface area contributed by atoms with Crippen LogP contribution in [-0.4, -0.2) is 5.91 Å². The van der Waals surface area contributed by atoms with Crippen molar-refractivity contribution < 1.29 is 4.79 Å². The molecule has 0 heterocycles. The van der Waals surface area contributed by atoms with E-state index >= 15 is 0 Å². The van der Waals surface area contributed by atoms with E-state index in [9.17, 15) is 4.79 Å². The van der Waals surface area contributed by atoms with Crippen molar-refractivity contribution in [2.75, 3.05) is 11.1 Å². The van der Waals surface area contributed by atoms with Crippen LogP contribution in [0.1, 0.15) is 25.3 Å². The monoisotopic (exact) mass is 254 g/mol. The van der Waals surface area contributed by atoms with E-state index in [0.717, 1.165) is 11.3 Å². The fourth-order valence-corrected chi connectivity index (χ4v) is 1.83. The summed E-state index contributed by atoms with van der Waals surface area (Å²) in [4.78, 5) is 11.9. The van der Waals surface area contributed by atoms with Crippen LogP contribution in [0.25, 0.3) is 0 Å². The van der Waals surface area contributed by atoms with Gasteiger partial charge in [-0.2, -0.15) is 0 Å². The van der Waals surface area contributed by atoms with Crippen molar-refractivity contribution >= 4 is 29.7 Å². The van der Waals surface area contributed by atoms with Gasteiger partial charge in [-0.25, -0.2) is 0 Å². The number of benzene rings is 1. The van der Waals surface area contributed by atoms with Crippen molar-refractivity contribution in [2.24, 2.45) is 11.8 Å². The van der Waals surface area contributed by atoms with Gasteiger partial charge in [0.25, 0.3) is 0 Å². The van der Waals surface area contributed by atoms with Gasteiger partial charge in [0.15, 0.2) is 0 Å². The highest BCUT2D eigenvalue weighted by atomic mass is 35.5. The molecule has 94 valence electrons. The topological polar surface area (TPSA) is 55.1 Å². The van der Waals surface area contributed by atoms with Gasteiger partial charge in [0, 0.05) is 17.3 Å². The molecule has 1 atom stereocenters. The first kappa shape index (κ1) is 13.8. The highest BCUT2D eigenvalue weighted by molar-refractivity contribution is 5.93. The Balaban J connectivity index is 0.00000144. The zero-order valence-corrected chi connectivity index (χ0v) is 11.0. The first-order valence-corrected chi connectivity index (χ1v) is 5.75. The first-order chi connectivity index (χ1) is 7.58. The van der Waals surface area contributed by atoms with E-state index in [1.165, 1.54) is 12.8 Å². The Morgan fingerprint density at radius 1 is 1.47 bits per heavy atom. The third kappa shape index (κ3) is 3.37. The Labute approximate surface area is 108 Å². The van der Waals surface area contributed by atoms with Gasteiger partial charge < -0.3 is 11.1 Å². The number of nitrogens with two attached hydrogens (primary N) is 1. The number of carbonyl (C=O) groups is 1. The smallest absolute Gasteiger partial charge is 0.227 e. The number of nitrogen functional groups attached to an aromatic ring is 1. The van der Waals surface area contributed by atoms with Gasteiger partial charge in [0.1, 0.15) is 0 Å². The van der Waals surface area contributed by atoms with E-state index in [-0.39, 0.29) is 24.2 Å².